The van der Waals surface area contributed by atoms with Gasteiger partial charge in [0.2, 0.25) is 0 Å². The Kier molecular flexibility index (Phi) is 3.26. The van der Waals surface area contributed by atoms with Crippen LogP contribution in [0.1, 0.15) is 18.7 Å². The van der Waals surface area contributed by atoms with Gasteiger partial charge in [0.25, 0.3) is 0 Å². The van der Waals surface area contributed by atoms with Crippen LogP contribution in [0.5, 0.6) is 0 Å². The highest BCUT2D eigenvalue weighted by molar-refractivity contribution is 5.89. The van der Waals surface area contributed by atoms with E-state index in [1.807, 2.05) is 31.2 Å². The van der Waals surface area contributed by atoms with Crippen molar-refractivity contribution >= 4 is 22.7 Å². The van der Waals surface area contributed by atoms with E-state index in [4.69, 9.17) is 0 Å². The molecule has 0 aliphatic carbocycles. The summed E-state index contributed by atoms with van der Waals surface area (Å²) in [6, 6.07) is 7.87. The molecule has 2 heterocycles. The SMILES string of the molecule is Cc1nc(N2CCCC(C(=O)O)C2)c2ccccc2n1. The monoisotopic (exact) mass is 271 g/mol. The molecule has 0 amide bonds. The summed E-state index contributed by atoms with van der Waals surface area (Å²) < 4.78 is 0. The number of benzene rings is 1. The van der Waals surface area contributed by atoms with Gasteiger partial charge in [-0.1, -0.05) is 12.1 Å². The van der Waals surface area contributed by atoms with Crippen molar-refractivity contribution in [3.8, 4) is 0 Å². The number of fused-ring (bicyclic) bond motifs is 1. The number of hydrogen-bond donors (Lipinski definition) is 1. The summed E-state index contributed by atoms with van der Waals surface area (Å²) in [5.74, 6) is 0.553. The molecular weight excluding hydrogens is 254 g/mol. The van der Waals surface area contributed by atoms with E-state index in [-0.39, 0.29) is 5.92 Å². The lowest BCUT2D eigenvalue weighted by molar-refractivity contribution is -0.141. The zero-order chi connectivity index (χ0) is 14.1. The molecule has 1 aromatic heterocycles. The zero-order valence-electron chi connectivity index (χ0n) is 11.4. The first kappa shape index (κ1) is 12.8. The van der Waals surface area contributed by atoms with E-state index in [9.17, 15) is 9.90 Å². The second-order valence-electron chi connectivity index (χ2n) is 5.23. The van der Waals surface area contributed by atoms with Gasteiger partial charge in [-0.15, -0.1) is 0 Å². The third-order valence-corrected chi connectivity index (χ3v) is 3.77. The standard InChI is InChI=1S/C15H17N3O2/c1-10-16-13-7-3-2-6-12(13)14(17-10)18-8-4-5-11(9-18)15(19)20/h2-3,6-7,11H,4-5,8-9H2,1H3,(H,19,20). The molecule has 1 fully saturated rings. The molecule has 0 spiro atoms. The minimum absolute atomic E-state index is 0.308. The maximum Gasteiger partial charge on any atom is 0.308 e. The highest BCUT2D eigenvalue weighted by Gasteiger charge is 2.27. The van der Waals surface area contributed by atoms with Crippen molar-refractivity contribution in [2.45, 2.75) is 19.8 Å². The van der Waals surface area contributed by atoms with E-state index in [1.54, 1.807) is 0 Å². The normalized spacial score (nSPS) is 19.2. The highest BCUT2D eigenvalue weighted by Crippen LogP contribution is 2.28. The average Bonchev–Trinajstić information content (AvgIpc) is 2.46. The van der Waals surface area contributed by atoms with Crippen LogP contribution >= 0.6 is 0 Å². The van der Waals surface area contributed by atoms with Gasteiger partial charge in [-0.25, -0.2) is 9.97 Å². The van der Waals surface area contributed by atoms with Crippen molar-refractivity contribution in [3.05, 3.63) is 30.1 Å². The van der Waals surface area contributed by atoms with Crippen LogP contribution in [0.2, 0.25) is 0 Å². The molecule has 5 heteroatoms. The Morgan fingerprint density at radius 3 is 2.95 bits per heavy atom. The van der Waals surface area contributed by atoms with Gasteiger partial charge in [0.15, 0.2) is 0 Å². The maximum absolute atomic E-state index is 11.2. The van der Waals surface area contributed by atoms with Crippen LogP contribution in [0.15, 0.2) is 24.3 Å². The number of rotatable bonds is 2. The lowest BCUT2D eigenvalue weighted by Crippen LogP contribution is -2.39. The lowest BCUT2D eigenvalue weighted by Gasteiger charge is -2.32. The van der Waals surface area contributed by atoms with E-state index < -0.39 is 5.97 Å². The second kappa shape index (κ2) is 5.07. The van der Waals surface area contributed by atoms with E-state index in [0.717, 1.165) is 41.9 Å². The Morgan fingerprint density at radius 2 is 2.15 bits per heavy atom. The summed E-state index contributed by atoms with van der Waals surface area (Å²) in [5, 5.41) is 10.2. The van der Waals surface area contributed by atoms with Crippen LogP contribution in [-0.2, 0) is 4.79 Å². The van der Waals surface area contributed by atoms with Crippen LogP contribution in [0.25, 0.3) is 10.9 Å². The summed E-state index contributed by atoms with van der Waals surface area (Å²) in [6.07, 6.45) is 1.63. The number of piperidine rings is 1. The predicted octanol–water partition coefficient (Wildman–Crippen LogP) is 2.24. The number of anilines is 1. The molecule has 1 aliphatic heterocycles. The summed E-state index contributed by atoms with van der Waals surface area (Å²) in [6.45, 7) is 3.24. The zero-order valence-corrected chi connectivity index (χ0v) is 11.4. The first-order valence-corrected chi connectivity index (χ1v) is 6.86. The predicted molar refractivity (Wildman–Crippen MR) is 76.8 cm³/mol. The van der Waals surface area contributed by atoms with Gasteiger partial charge in [-0.3, -0.25) is 4.79 Å². The summed E-state index contributed by atoms with van der Waals surface area (Å²) in [5.41, 5.74) is 0.910. The third kappa shape index (κ3) is 2.31. The molecule has 1 saturated heterocycles. The lowest BCUT2D eigenvalue weighted by atomic mass is 9.98. The highest BCUT2D eigenvalue weighted by atomic mass is 16.4. The number of carboxylic acid groups (broad SMARTS) is 1. The summed E-state index contributed by atoms with van der Waals surface area (Å²) in [4.78, 5) is 22.3. The van der Waals surface area contributed by atoms with E-state index >= 15 is 0 Å². The molecule has 104 valence electrons. The smallest absolute Gasteiger partial charge is 0.308 e. The van der Waals surface area contributed by atoms with Crippen molar-refractivity contribution in [3.63, 3.8) is 0 Å². The molecule has 0 saturated carbocycles. The van der Waals surface area contributed by atoms with Gasteiger partial charge in [0, 0.05) is 18.5 Å². The largest absolute Gasteiger partial charge is 0.481 e. The van der Waals surface area contributed by atoms with Crippen molar-refractivity contribution in [1.29, 1.82) is 0 Å². The minimum Gasteiger partial charge on any atom is -0.481 e. The number of aromatic nitrogens is 2. The molecule has 3 rings (SSSR count). The molecule has 0 radical (unpaired) electrons. The van der Waals surface area contributed by atoms with Crippen molar-refractivity contribution in [2.24, 2.45) is 5.92 Å². The Bertz CT molecular complexity index is 657. The second-order valence-corrected chi connectivity index (χ2v) is 5.23. The topological polar surface area (TPSA) is 66.3 Å². The van der Waals surface area contributed by atoms with Crippen molar-refractivity contribution in [2.75, 3.05) is 18.0 Å². The van der Waals surface area contributed by atoms with Crippen LogP contribution in [0, 0.1) is 12.8 Å². The third-order valence-electron chi connectivity index (χ3n) is 3.77. The fourth-order valence-electron chi connectivity index (χ4n) is 2.79. The first-order chi connectivity index (χ1) is 9.65. The molecule has 20 heavy (non-hydrogen) atoms. The quantitative estimate of drug-likeness (QED) is 0.907. The first-order valence-electron chi connectivity index (χ1n) is 6.86. The molecular formula is C15H17N3O2. The number of nitrogens with zero attached hydrogens (tertiary/aromatic N) is 3. The number of hydrogen-bond acceptors (Lipinski definition) is 4. The van der Waals surface area contributed by atoms with E-state index in [2.05, 4.69) is 14.9 Å². The fraction of sp³-hybridized carbons (Fsp3) is 0.400. The van der Waals surface area contributed by atoms with Gasteiger partial charge in [0.1, 0.15) is 11.6 Å². The maximum atomic E-state index is 11.2. The molecule has 5 nitrogen and oxygen atoms in total. The Morgan fingerprint density at radius 1 is 1.35 bits per heavy atom. The van der Waals surface area contributed by atoms with Crippen LogP contribution in [0.4, 0.5) is 5.82 Å². The molecule has 1 unspecified atom stereocenters. The average molecular weight is 271 g/mol. The Hall–Kier alpha value is -2.17. The fourth-order valence-corrected chi connectivity index (χ4v) is 2.79. The number of aliphatic carboxylic acids is 1. The minimum atomic E-state index is -0.718. The molecule has 1 aliphatic rings. The number of para-hydroxylation sites is 1. The van der Waals surface area contributed by atoms with Crippen LogP contribution in [-0.4, -0.2) is 34.1 Å². The summed E-state index contributed by atoms with van der Waals surface area (Å²) in [7, 11) is 0. The van der Waals surface area contributed by atoms with Crippen molar-refractivity contribution in [1.82, 2.24) is 9.97 Å². The van der Waals surface area contributed by atoms with Gasteiger partial charge < -0.3 is 10.0 Å². The summed E-state index contributed by atoms with van der Waals surface area (Å²) >= 11 is 0. The van der Waals surface area contributed by atoms with E-state index in [1.165, 1.54) is 0 Å². The van der Waals surface area contributed by atoms with Crippen molar-refractivity contribution < 1.29 is 9.90 Å². The Labute approximate surface area is 117 Å². The Balaban J connectivity index is 2.03. The number of aryl methyl sites for hydroxylation is 1. The van der Waals surface area contributed by atoms with Gasteiger partial charge >= 0.3 is 5.97 Å². The van der Waals surface area contributed by atoms with Gasteiger partial charge in [-0.2, -0.15) is 0 Å². The van der Waals surface area contributed by atoms with Gasteiger partial charge in [-0.05, 0) is 31.9 Å². The van der Waals surface area contributed by atoms with Gasteiger partial charge in [0.05, 0.1) is 11.4 Å². The molecule has 1 atom stereocenters. The molecule has 1 aromatic carbocycles. The van der Waals surface area contributed by atoms with Crippen LogP contribution < -0.4 is 4.90 Å². The van der Waals surface area contributed by atoms with E-state index in [0.29, 0.717) is 6.54 Å². The number of carboxylic acids is 1. The molecule has 0 bridgehead atoms. The molecule has 2 aromatic rings. The molecule has 1 N–H and O–H groups in total. The number of carbonyl (C=O) groups is 1. The van der Waals surface area contributed by atoms with Crippen LogP contribution in [0.3, 0.4) is 0 Å².